The maximum atomic E-state index is 12.0. The monoisotopic (exact) mass is 395 g/mol. The highest BCUT2D eigenvalue weighted by molar-refractivity contribution is 7.99. The van der Waals surface area contributed by atoms with Gasteiger partial charge in [-0.2, -0.15) is 0 Å². The van der Waals surface area contributed by atoms with Crippen LogP contribution in [0.3, 0.4) is 0 Å². The molecule has 2 aromatic heterocycles. The van der Waals surface area contributed by atoms with Gasteiger partial charge < -0.3 is 9.15 Å². The number of ether oxygens (including phenoxy) is 1. The van der Waals surface area contributed by atoms with E-state index in [9.17, 15) is 9.59 Å². The number of halogens is 1. The Hall–Kier alpha value is -2.10. The van der Waals surface area contributed by atoms with Crippen molar-refractivity contribution < 1.29 is 18.7 Å². The summed E-state index contributed by atoms with van der Waals surface area (Å²) < 4.78 is 11.4. The predicted octanol–water partition coefficient (Wildman–Crippen LogP) is 3.68. The second kappa shape index (κ2) is 6.66. The fourth-order valence-corrected chi connectivity index (χ4v) is 4.41. The van der Waals surface area contributed by atoms with Gasteiger partial charge in [0.15, 0.2) is 0 Å². The molecule has 1 aliphatic heterocycles. The van der Waals surface area contributed by atoms with E-state index in [-0.39, 0.29) is 30.0 Å². The second-order valence-corrected chi connectivity index (χ2v) is 7.42. The third-order valence-corrected chi connectivity index (χ3v) is 5.98. The molecule has 4 rings (SSSR count). The van der Waals surface area contributed by atoms with Crippen molar-refractivity contribution in [3.63, 3.8) is 0 Å². The van der Waals surface area contributed by atoms with Crippen LogP contribution in [0.15, 0.2) is 33.9 Å². The molecule has 0 radical (unpaired) electrons. The summed E-state index contributed by atoms with van der Waals surface area (Å²) in [6.07, 6.45) is -0.617. The number of hydrogen-bond donors (Lipinski definition) is 0. The Morgan fingerprint density at radius 1 is 1.36 bits per heavy atom. The molecule has 128 valence electrons. The van der Waals surface area contributed by atoms with Crippen LogP contribution in [0.1, 0.15) is 0 Å². The maximum Gasteiger partial charge on any atom is 0.416 e. The van der Waals surface area contributed by atoms with Crippen LogP contribution < -0.4 is 0 Å². The highest BCUT2D eigenvalue weighted by Gasteiger charge is 2.28. The van der Waals surface area contributed by atoms with E-state index in [2.05, 4.69) is 10.2 Å². The minimum absolute atomic E-state index is 0.0108. The summed E-state index contributed by atoms with van der Waals surface area (Å²) >= 11 is 8.92. The summed E-state index contributed by atoms with van der Waals surface area (Å²) in [7, 11) is 0. The fourth-order valence-electron chi connectivity index (χ4n) is 2.33. The number of imide groups is 1. The van der Waals surface area contributed by atoms with Gasteiger partial charge in [0, 0.05) is 10.1 Å². The third kappa shape index (κ3) is 3.10. The number of aromatic nitrogens is 2. The Labute approximate surface area is 154 Å². The molecule has 3 heterocycles. The van der Waals surface area contributed by atoms with Crippen molar-refractivity contribution in [3.05, 3.63) is 29.3 Å². The molecule has 0 bridgehead atoms. The Bertz CT molecular complexity index is 971. The first-order valence-electron chi connectivity index (χ1n) is 7.24. The molecular weight excluding hydrogens is 386 g/mol. The number of fused-ring (bicyclic) bond motifs is 1. The lowest BCUT2D eigenvalue weighted by molar-refractivity contribution is -0.125. The smallest absolute Gasteiger partial charge is 0.416 e. The molecule has 1 aliphatic rings. The van der Waals surface area contributed by atoms with Crippen LogP contribution in [0.2, 0.25) is 5.02 Å². The number of hydrogen-bond acceptors (Lipinski definition) is 8. The highest BCUT2D eigenvalue weighted by atomic mass is 35.5. The Kier molecular flexibility index (Phi) is 4.36. The lowest BCUT2D eigenvalue weighted by Gasteiger charge is -2.08. The lowest BCUT2D eigenvalue weighted by Crippen LogP contribution is -2.32. The quantitative estimate of drug-likeness (QED) is 0.623. The molecule has 0 atom stereocenters. The van der Waals surface area contributed by atoms with Crippen LogP contribution in [-0.4, -0.2) is 46.0 Å². The van der Waals surface area contributed by atoms with E-state index < -0.39 is 6.09 Å². The van der Waals surface area contributed by atoms with Crippen molar-refractivity contribution in [1.29, 1.82) is 0 Å². The van der Waals surface area contributed by atoms with Gasteiger partial charge in [-0.15, -0.1) is 21.5 Å². The molecule has 2 amide bonds. The molecule has 0 saturated carbocycles. The molecule has 0 unspecified atom stereocenters. The van der Waals surface area contributed by atoms with Gasteiger partial charge in [0.05, 0.1) is 17.3 Å². The highest BCUT2D eigenvalue weighted by Crippen LogP contribution is 2.41. The fraction of sp³-hybridized carbons (Fsp3) is 0.200. The van der Waals surface area contributed by atoms with Gasteiger partial charge in [-0.3, -0.25) is 4.79 Å². The van der Waals surface area contributed by atoms with Gasteiger partial charge in [0.2, 0.25) is 5.91 Å². The van der Waals surface area contributed by atoms with E-state index in [0.29, 0.717) is 15.8 Å². The third-order valence-electron chi connectivity index (χ3n) is 3.52. The molecule has 0 aliphatic carbocycles. The summed E-state index contributed by atoms with van der Waals surface area (Å²) in [4.78, 5) is 25.1. The van der Waals surface area contributed by atoms with E-state index >= 15 is 0 Å². The Morgan fingerprint density at radius 2 is 2.20 bits per heavy atom. The number of nitrogens with zero attached hydrogens (tertiary/aromatic N) is 3. The molecule has 25 heavy (non-hydrogen) atoms. The van der Waals surface area contributed by atoms with Gasteiger partial charge in [0.1, 0.15) is 11.5 Å². The summed E-state index contributed by atoms with van der Waals surface area (Å²) in [6.45, 7) is 0.495. The van der Waals surface area contributed by atoms with Gasteiger partial charge in [0.25, 0.3) is 11.1 Å². The number of amides is 2. The zero-order valence-corrected chi connectivity index (χ0v) is 15.0. The summed E-state index contributed by atoms with van der Waals surface area (Å²) in [5, 5.41) is 9.67. The van der Waals surface area contributed by atoms with Crippen LogP contribution in [0.25, 0.3) is 20.9 Å². The average molecular weight is 396 g/mol. The lowest BCUT2D eigenvalue weighted by atomic mass is 10.2. The van der Waals surface area contributed by atoms with Crippen LogP contribution >= 0.6 is 34.7 Å². The van der Waals surface area contributed by atoms with Crippen molar-refractivity contribution in [3.8, 4) is 10.8 Å². The Balaban J connectivity index is 1.49. The first kappa shape index (κ1) is 16.4. The van der Waals surface area contributed by atoms with E-state index in [1.54, 1.807) is 0 Å². The molecule has 10 heteroatoms. The van der Waals surface area contributed by atoms with Gasteiger partial charge >= 0.3 is 6.09 Å². The number of thiophene rings is 1. The number of rotatable bonds is 4. The predicted molar refractivity (Wildman–Crippen MR) is 93.9 cm³/mol. The normalized spacial score (nSPS) is 14.3. The zero-order valence-electron chi connectivity index (χ0n) is 12.6. The molecular formula is C15H10ClN3O4S2. The molecule has 1 saturated heterocycles. The second-order valence-electron chi connectivity index (χ2n) is 5.06. The zero-order chi connectivity index (χ0) is 17.4. The van der Waals surface area contributed by atoms with Crippen molar-refractivity contribution in [2.24, 2.45) is 0 Å². The van der Waals surface area contributed by atoms with Gasteiger partial charge in [-0.1, -0.05) is 41.6 Å². The molecule has 0 spiro atoms. The molecule has 1 fully saturated rings. The summed E-state index contributed by atoms with van der Waals surface area (Å²) in [5.41, 5.74) is 0. The van der Waals surface area contributed by atoms with Gasteiger partial charge in [-0.25, -0.2) is 9.69 Å². The average Bonchev–Trinajstić information content (AvgIpc) is 3.32. The number of cyclic esters (lactones) is 1. The van der Waals surface area contributed by atoms with Crippen LogP contribution in [-0.2, 0) is 9.53 Å². The molecule has 1 aromatic carbocycles. The van der Waals surface area contributed by atoms with Crippen molar-refractivity contribution in [2.45, 2.75) is 5.22 Å². The SMILES string of the molecule is O=C(CSc1nnc(-c2sc3ccccc3c2Cl)o1)N1CCOC1=O. The van der Waals surface area contributed by atoms with Crippen molar-refractivity contribution in [2.75, 3.05) is 18.9 Å². The van der Waals surface area contributed by atoms with Crippen molar-refractivity contribution >= 4 is 56.8 Å². The molecule has 7 nitrogen and oxygen atoms in total. The number of carbonyl (C=O) groups excluding carboxylic acids is 2. The minimum atomic E-state index is -0.617. The topological polar surface area (TPSA) is 85.5 Å². The van der Waals surface area contributed by atoms with E-state index in [1.807, 2.05) is 24.3 Å². The molecule has 3 aromatic rings. The summed E-state index contributed by atoms with van der Waals surface area (Å²) in [5.74, 6) is -0.0365. The largest absolute Gasteiger partial charge is 0.447 e. The Morgan fingerprint density at radius 3 is 2.96 bits per heavy atom. The van der Waals surface area contributed by atoms with E-state index in [4.69, 9.17) is 20.8 Å². The van der Waals surface area contributed by atoms with Gasteiger partial charge in [-0.05, 0) is 6.07 Å². The van der Waals surface area contributed by atoms with Crippen LogP contribution in [0, 0.1) is 0 Å². The minimum Gasteiger partial charge on any atom is -0.447 e. The van der Waals surface area contributed by atoms with E-state index in [0.717, 1.165) is 26.7 Å². The van der Waals surface area contributed by atoms with E-state index in [1.165, 1.54) is 11.3 Å². The molecule has 0 N–H and O–H groups in total. The number of carbonyl (C=O) groups is 2. The standard InChI is InChI=1S/C15H10ClN3O4S2/c16-11-8-3-1-2-4-9(8)25-12(11)13-17-18-14(23-13)24-7-10(20)19-5-6-22-15(19)21/h1-4H,5-7H2. The first-order chi connectivity index (χ1) is 12.1. The summed E-state index contributed by atoms with van der Waals surface area (Å²) in [6, 6.07) is 7.74. The first-order valence-corrected chi connectivity index (χ1v) is 9.42. The number of thioether (sulfide) groups is 1. The van der Waals surface area contributed by atoms with Crippen LogP contribution in [0.5, 0.6) is 0 Å². The maximum absolute atomic E-state index is 12.0. The van der Waals surface area contributed by atoms with Crippen molar-refractivity contribution in [1.82, 2.24) is 15.1 Å². The number of benzene rings is 1. The van der Waals surface area contributed by atoms with Crippen LogP contribution in [0.4, 0.5) is 4.79 Å².